The molecule has 4 unspecified atom stereocenters. The van der Waals surface area contributed by atoms with Gasteiger partial charge in [-0.2, -0.15) is 9.97 Å². The van der Waals surface area contributed by atoms with Crippen molar-refractivity contribution in [2.45, 2.75) is 78.4 Å². The zero-order valence-electron chi connectivity index (χ0n) is 27.7. The molecule has 14 nitrogen and oxygen atoms in total. The summed E-state index contributed by atoms with van der Waals surface area (Å²) >= 11 is 0. The highest BCUT2D eigenvalue weighted by molar-refractivity contribution is 7.45. The third-order valence-corrected chi connectivity index (χ3v) is 9.22. The molecule has 0 radical (unpaired) electrons. The van der Waals surface area contributed by atoms with Crippen molar-refractivity contribution in [2.24, 2.45) is 5.92 Å². The van der Waals surface area contributed by atoms with Crippen LogP contribution in [0.25, 0.3) is 22.1 Å². The van der Waals surface area contributed by atoms with E-state index in [2.05, 4.69) is 31.9 Å². The Bertz CT molecular complexity index is 1650. The molecule has 0 bridgehead atoms. The van der Waals surface area contributed by atoms with Crippen molar-refractivity contribution in [1.29, 1.82) is 0 Å². The highest BCUT2D eigenvalue weighted by Crippen LogP contribution is 2.42. The topological polar surface area (TPSA) is 167 Å². The number of pyridine rings is 1. The molecule has 4 aromatic rings. The maximum Gasteiger partial charge on any atom is 0.323 e. The van der Waals surface area contributed by atoms with Gasteiger partial charge in [0.15, 0.2) is 11.2 Å². The van der Waals surface area contributed by atoms with Crippen LogP contribution in [0, 0.1) is 12.8 Å². The van der Waals surface area contributed by atoms with Crippen LogP contribution in [0.1, 0.15) is 59.0 Å². The van der Waals surface area contributed by atoms with E-state index in [4.69, 9.17) is 33.7 Å². The number of nitrogens with two attached hydrogens (primary N) is 1. The van der Waals surface area contributed by atoms with Crippen molar-refractivity contribution in [3.05, 3.63) is 42.4 Å². The standard InChI is InChI=1S/C30H38N7O7P.C2H6/c1-17-15-21(42-28(17)37-19(3)33-25-26(37)34-30(31)35-27(25)39-4)16-41-45(36-18(2)29(38)43-20-10-13-40-14-11-20)44-24-9-5-8-23-22(24)7-6-12-32-23;1-2/h5-9,12,17-18,20-21,28,36H,10-11,13-16H2,1-4H3,(H2,31,34,35);1-2H3/t17-,18?,21?,28?,45?;/m0./s1. The Morgan fingerprint density at radius 2 is 1.96 bits per heavy atom. The van der Waals surface area contributed by atoms with Crippen molar-refractivity contribution < 1.29 is 32.8 Å². The predicted molar refractivity (Wildman–Crippen MR) is 178 cm³/mol. The summed E-state index contributed by atoms with van der Waals surface area (Å²) in [6.45, 7) is 11.1. The fraction of sp³-hybridized carbons (Fsp3) is 0.531. The van der Waals surface area contributed by atoms with E-state index in [1.807, 2.05) is 55.7 Å². The summed E-state index contributed by atoms with van der Waals surface area (Å²) in [7, 11) is -0.276. The van der Waals surface area contributed by atoms with E-state index in [1.54, 1.807) is 13.1 Å². The number of esters is 1. The number of nitrogens with one attached hydrogen (secondary N) is 1. The quantitative estimate of drug-likeness (QED) is 0.157. The van der Waals surface area contributed by atoms with Gasteiger partial charge >= 0.3 is 14.5 Å². The number of nitrogen functional groups attached to an aromatic ring is 1. The lowest BCUT2D eigenvalue weighted by molar-refractivity contribution is -0.154. The molecule has 3 N–H and O–H groups in total. The van der Waals surface area contributed by atoms with E-state index in [0.717, 1.165) is 10.9 Å². The van der Waals surface area contributed by atoms with Crippen LogP contribution in [-0.2, 0) is 23.5 Å². The van der Waals surface area contributed by atoms with Gasteiger partial charge in [0.25, 0.3) is 0 Å². The Balaban J connectivity index is 0.00000213. The molecule has 0 saturated carbocycles. The van der Waals surface area contributed by atoms with Crippen LogP contribution in [0.15, 0.2) is 36.5 Å². The number of methoxy groups -OCH3 is 1. The minimum Gasteiger partial charge on any atom is -0.479 e. The van der Waals surface area contributed by atoms with Crippen molar-refractivity contribution in [1.82, 2.24) is 29.6 Å². The van der Waals surface area contributed by atoms with Crippen LogP contribution >= 0.6 is 8.53 Å². The van der Waals surface area contributed by atoms with Crippen LogP contribution in [0.3, 0.4) is 0 Å². The van der Waals surface area contributed by atoms with E-state index in [-0.39, 0.29) is 42.9 Å². The van der Waals surface area contributed by atoms with Gasteiger partial charge in [-0.15, -0.1) is 0 Å². The number of aromatic nitrogens is 5. The summed E-state index contributed by atoms with van der Waals surface area (Å²) in [6, 6.07) is 8.75. The lowest BCUT2D eigenvalue weighted by atomic mass is 10.1. The molecule has 1 aromatic carbocycles. The van der Waals surface area contributed by atoms with Gasteiger partial charge in [-0.25, -0.2) is 10.1 Å². The van der Waals surface area contributed by atoms with Gasteiger partial charge in [0.05, 0.1) is 38.6 Å². The molecule has 15 heteroatoms. The largest absolute Gasteiger partial charge is 0.479 e. The molecule has 0 spiro atoms. The number of rotatable bonds is 11. The zero-order valence-corrected chi connectivity index (χ0v) is 28.6. The average molecular weight is 670 g/mol. The summed E-state index contributed by atoms with van der Waals surface area (Å²) in [4.78, 5) is 30.6. The van der Waals surface area contributed by atoms with E-state index < -0.39 is 14.6 Å². The fourth-order valence-corrected chi connectivity index (χ4v) is 6.86. The first-order chi connectivity index (χ1) is 22.8. The smallest absolute Gasteiger partial charge is 0.323 e. The molecular weight excluding hydrogens is 625 g/mol. The van der Waals surface area contributed by atoms with Gasteiger partial charge in [-0.1, -0.05) is 26.8 Å². The van der Waals surface area contributed by atoms with Gasteiger partial charge in [0.2, 0.25) is 11.8 Å². The number of carbonyl (C=O) groups is 1. The van der Waals surface area contributed by atoms with E-state index in [0.29, 0.717) is 61.1 Å². The second kappa shape index (κ2) is 15.9. The second-order valence-corrected chi connectivity index (χ2v) is 12.4. The SMILES string of the molecule is CC.COc1nc(N)nc2c1nc(C)n2C1OC(COP(NC(C)C(=O)OC2CCOCC2)Oc2cccc3ncccc23)C[C@@H]1C. The van der Waals surface area contributed by atoms with Crippen LogP contribution in [0.5, 0.6) is 11.6 Å². The Morgan fingerprint density at radius 3 is 2.72 bits per heavy atom. The van der Waals surface area contributed by atoms with Crippen molar-refractivity contribution in [3.63, 3.8) is 0 Å². The first kappa shape index (κ1) is 34.6. The van der Waals surface area contributed by atoms with E-state index >= 15 is 0 Å². The Kier molecular flexibility index (Phi) is 11.8. The Morgan fingerprint density at radius 1 is 1.17 bits per heavy atom. The third-order valence-electron chi connectivity index (χ3n) is 7.87. The van der Waals surface area contributed by atoms with Crippen LogP contribution in [-0.4, -0.2) is 75.7 Å². The van der Waals surface area contributed by atoms with Crippen LogP contribution in [0.2, 0.25) is 0 Å². The van der Waals surface area contributed by atoms with Crippen molar-refractivity contribution in [2.75, 3.05) is 32.7 Å². The van der Waals surface area contributed by atoms with Crippen molar-refractivity contribution in [3.8, 4) is 11.6 Å². The number of aryl methyl sites for hydroxylation is 1. The van der Waals surface area contributed by atoms with Crippen LogP contribution < -0.4 is 20.1 Å². The molecule has 254 valence electrons. The molecule has 0 amide bonds. The molecule has 0 aliphatic carbocycles. The summed E-state index contributed by atoms with van der Waals surface area (Å²) in [5.74, 6) is 1.44. The van der Waals surface area contributed by atoms with Gasteiger partial charge in [-0.3, -0.25) is 14.3 Å². The molecule has 2 aliphatic rings. The number of nitrogens with zero attached hydrogens (tertiary/aromatic N) is 5. The molecule has 2 fully saturated rings. The number of carbonyl (C=O) groups excluding carboxylic acids is 1. The molecule has 2 saturated heterocycles. The average Bonchev–Trinajstić information content (AvgIpc) is 3.61. The molecule has 5 heterocycles. The molecule has 5 atom stereocenters. The Labute approximate surface area is 275 Å². The number of ether oxygens (including phenoxy) is 4. The number of anilines is 1. The monoisotopic (exact) mass is 669 g/mol. The highest BCUT2D eigenvalue weighted by Gasteiger charge is 2.37. The number of fused-ring (bicyclic) bond motifs is 2. The lowest BCUT2D eigenvalue weighted by Gasteiger charge is -2.26. The van der Waals surface area contributed by atoms with Gasteiger partial charge in [0.1, 0.15) is 29.9 Å². The van der Waals surface area contributed by atoms with E-state index in [1.165, 1.54) is 7.11 Å². The summed E-state index contributed by atoms with van der Waals surface area (Å²) in [6.07, 6.45) is 3.01. The zero-order chi connectivity index (χ0) is 33.5. The maximum absolute atomic E-state index is 13.0. The minimum atomic E-state index is -1.80. The second-order valence-electron chi connectivity index (χ2n) is 11.2. The molecule has 2 aliphatic heterocycles. The number of imidazole rings is 1. The lowest BCUT2D eigenvalue weighted by Crippen LogP contribution is -2.37. The molecule has 3 aromatic heterocycles. The molecular formula is C32H44N7O7P. The number of hydrogen-bond donors (Lipinski definition) is 2. The highest BCUT2D eigenvalue weighted by atomic mass is 31.2. The van der Waals surface area contributed by atoms with Gasteiger partial charge < -0.3 is 33.7 Å². The summed E-state index contributed by atoms with van der Waals surface area (Å²) in [5.41, 5.74) is 7.82. The van der Waals surface area contributed by atoms with Crippen molar-refractivity contribution >= 4 is 42.5 Å². The number of hydrogen-bond acceptors (Lipinski definition) is 13. The van der Waals surface area contributed by atoms with Gasteiger partial charge in [-0.05, 0) is 44.5 Å². The normalized spacial score (nSPS) is 21.2. The first-order valence-electron chi connectivity index (χ1n) is 16.0. The molecule has 6 rings (SSSR count). The minimum absolute atomic E-state index is 0.0907. The van der Waals surface area contributed by atoms with Gasteiger partial charge in [0, 0.05) is 30.3 Å². The maximum atomic E-state index is 13.0. The number of benzene rings is 1. The Hall–Kier alpha value is -3.68. The van der Waals surface area contributed by atoms with Crippen LogP contribution in [0.4, 0.5) is 5.95 Å². The first-order valence-corrected chi connectivity index (χ1v) is 17.2. The molecule has 47 heavy (non-hydrogen) atoms. The predicted octanol–water partition coefficient (Wildman–Crippen LogP) is 5.25. The van der Waals surface area contributed by atoms with E-state index in [9.17, 15) is 4.79 Å². The summed E-state index contributed by atoms with van der Waals surface area (Å²) < 4.78 is 37.7. The summed E-state index contributed by atoms with van der Waals surface area (Å²) in [5, 5.41) is 4.06. The fourth-order valence-electron chi connectivity index (χ4n) is 5.62. The third kappa shape index (κ3) is 8.07.